The third kappa shape index (κ3) is 4.64. The summed E-state index contributed by atoms with van der Waals surface area (Å²) in [5.41, 5.74) is 0.458. The molecule has 1 fully saturated rings. The maximum atomic E-state index is 12.4. The number of nitro benzene ring substituents is 1. The number of hydrogen-bond acceptors (Lipinski definition) is 7. The number of fused-ring (bicyclic) bond motifs is 1. The lowest BCUT2D eigenvalue weighted by molar-refractivity contribution is -0.384. The van der Waals surface area contributed by atoms with Crippen LogP contribution in [0.4, 0.5) is 5.69 Å². The summed E-state index contributed by atoms with van der Waals surface area (Å²) in [5.74, 6) is -0.989. The Kier molecular flexibility index (Phi) is 6.30. The van der Waals surface area contributed by atoms with Gasteiger partial charge in [0.05, 0.1) is 29.0 Å². The highest BCUT2D eigenvalue weighted by molar-refractivity contribution is 5.78. The zero-order valence-corrected chi connectivity index (χ0v) is 16.2. The van der Waals surface area contributed by atoms with E-state index in [0.717, 1.165) is 0 Å². The van der Waals surface area contributed by atoms with E-state index in [9.17, 15) is 24.5 Å². The molecule has 1 aromatic carbocycles. The van der Waals surface area contributed by atoms with Crippen molar-refractivity contribution in [2.24, 2.45) is 5.92 Å². The van der Waals surface area contributed by atoms with E-state index in [1.807, 2.05) is 0 Å². The van der Waals surface area contributed by atoms with E-state index in [4.69, 9.17) is 9.15 Å². The fraction of sp³-hybridized carbons (Fsp3) is 0.526. The van der Waals surface area contributed by atoms with Crippen molar-refractivity contribution in [3.63, 3.8) is 0 Å². The minimum Gasteiger partial charge on any atom is -0.466 e. The number of likely N-dealkylation sites (tertiary alicyclic amines) is 1. The lowest BCUT2D eigenvalue weighted by Crippen LogP contribution is -2.40. The first kappa shape index (κ1) is 20.6. The van der Waals surface area contributed by atoms with Crippen LogP contribution in [0.25, 0.3) is 11.1 Å². The van der Waals surface area contributed by atoms with Crippen LogP contribution in [0, 0.1) is 16.0 Å². The quantitative estimate of drug-likeness (QED) is 0.392. The van der Waals surface area contributed by atoms with Gasteiger partial charge in [-0.3, -0.25) is 24.3 Å². The molecule has 10 nitrogen and oxygen atoms in total. The number of nitrogens with zero attached hydrogens (tertiary/aromatic N) is 3. The number of benzene rings is 1. The van der Waals surface area contributed by atoms with Crippen LogP contribution in [-0.2, 0) is 20.9 Å². The fourth-order valence-electron chi connectivity index (χ4n) is 3.55. The van der Waals surface area contributed by atoms with E-state index >= 15 is 0 Å². The molecule has 0 unspecified atom stereocenters. The highest BCUT2D eigenvalue weighted by Crippen LogP contribution is 2.21. The van der Waals surface area contributed by atoms with Crippen LogP contribution in [0.5, 0.6) is 0 Å². The average Bonchev–Trinajstić information content (AvgIpc) is 3.02. The van der Waals surface area contributed by atoms with E-state index in [-0.39, 0.29) is 42.0 Å². The van der Waals surface area contributed by atoms with Crippen molar-refractivity contribution < 1.29 is 23.7 Å². The van der Waals surface area contributed by atoms with Gasteiger partial charge in [-0.15, -0.1) is 0 Å². The normalized spacial score (nSPS) is 14.9. The molecule has 1 aliphatic heterocycles. The summed E-state index contributed by atoms with van der Waals surface area (Å²) in [7, 11) is 0. The first-order chi connectivity index (χ1) is 13.9. The molecule has 0 aliphatic carbocycles. The van der Waals surface area contributed by atoms with E-state index in [1.54, 1.807) is 11.8 Å². The van der Waals surface area contributed by atoms with Gasteiger partial charge in [0.25, 0.3) is 5.69 Å². The van der Waals surface area contributed by atoms with Crippen molar-refractivity contribution in [2.45, 2.75) is 39.2 Å². The van der Waals surface area contributed by atoms with E-state index in [2.05, 4.69) is 0 Å². The summed E-state index contributed by atoms with van der Waals surface area (Å²) in [5, 5.41) is 10.8. The van der Waals surface area contributed by atoms with Crippen LogP contribution in [0.3, 0.4) is 0 Å². The van der Waals surface area contributed by atoms with E-state index < -0.39 is 10.7 Å². The number of aryl methyl sites for hydroxylation is 1. The number of oxazole rings is 1. The summed E-state index contributed by atoms with van der Waals surface area (Å²) in [6.07, 6.45) is 1.88. The lowest BCUT2D eigenvalue weighted by atomic mass is 9.97. The van der Waals surface area contributed by atoms with Crippen molar-refractivity contribution in [3.8, 4) is 0 Å². The van der Waals surface area contributed by atoms with Gasteiger partial charge in [-0.05, 0) is 32.3 Å². The van der Waals surface area contributed by atoms with Crippen LogP contribution in [0.1, 0.15) is 32.6 Å². The van der Waals surface area contributed by atoms with Gasteiger partial charge in [0.2, 0.25) is 5.91 Å². The highest BCUT2D eigenvalue weighted by Gasteiger charge is 2.28. The van der Waals surface area contributed by atoms with Gasteiger partial charge in [0.15, 0.2) is 5.58 Å². The highest BCUT2D eigenvalue weighted by atomic mass is 16.6. The van der Waals surface area contributed by atoms with Gasteiger partial charge in [-0.25, -0.2) is 4.79 Å². The number of carbonyl (C=O) groups is 2. The second-order valence-corrected chi connectivity index (χ2v) is 6.94. The maximum absolute atomic E-state index is 12.4. The molecule has 1 amide bonds. The molecule has 0 atom stereocenters. The number of nitro groups is 1. The monoisotopic (exact) mass is 405 g/mol. The summed E-state index contributed by atoms with van der Waals surface area (Å²) in [6.45, 7) is 3.43. The van der Waals surface area contributed by atoms with Crippen LogP contribution >= 0.6 is 0 Å². The number of amides is 1. The van der Waals surface area contributed by atoms with Crippen LogP contribution in [0.2, 0.25) is 0 Å². The average molecular weight is 405 g/mol. The van der Waals surface area contributed by atoms with Gasteiger partial charge in [0.1, 0.15) is 0 Å². The molecule has 0 spiro atoms. The van der Waals surface area contributed by atoms with Crippen molar-refractivity contribution in [3.05, 3.63) is 38.9 Å². The maximum Gasteiger partial charge on any atom is 0.419 e. The Bertz CT molecular complexity index is 970. The molecule has 2 heterocycles. The molecule has 0 saturated carbocycles. The Morgan fingerprint density at radius 2 is 2.03 bits per heavy atom. The number of ether oxygens (including phenoxy) is 1. The third-order valence-electron chi connectivity index (χ3n) is 5.10. The largest absolute Gasteiger partial charge is 0.466 e. The Morgan fingerprint density at radius 3 is 2.69 bits per heavy atom. The molecular weight excluding hydrogens is 382 g/mol. The zero-order chi connectivity index (χ0) is 21.0. The van der Waals surface area contributed by atoms with Crippen molar-refractivity contribution >= 4 is 28.7 Å². The molecule has 0 radical (unpaired) electrons. The first-order valence-corrected chi connectivity index (χ1v) is 9.63. The molecule has 156 valence electrons. The third-order valence-corrected chi connectivity index (χ3v) is 5.10. The molecule has 10 heteroatoms. The molecule has 1 aliphatic rings. The Balaban J connectivity index is 1.53. The molecule has 3 rings (SSSR count). The Morgan fingerprint density at radius 1 is 1.31 bits per heavy atom. The molecule has 1 saturated heterocycles. The number of piperidine rings is 1. The minimum atomic E-state index is -0.608. The number of aromatic nitrogens is 1. The second kappa shape index (κ2) is 8.89. The van der Waals surface area contributed by atoms with E-state index in [1.165, 1.54) is 22.8 Å². The second-order valence-electron chi connectivity index (χ2n) is 6.94. The molecule has 0 N–H and O–H groups in total. The van der Waals surface area contributed by atoms with Crippen molar-refractivity contribution in [1.29, 1.82) is 0 Å². The van der Waals surface area contributed by atoms with Gasteiger partial charge < -0.3 is 14.1 Å². The smallest absolute Gasteiger partial charge is 0.419 e. The topological polar surface area (TPSA) is 125 Å². The number of hydrogen-bond donors (Lipinski definition) is 0. The lowest BCUT2D eigenvalue weighted by Gasteiger charge is -2.31. The number of rotatable bonds is 7. The number of non-ortho nitro benzene ring substituents is 1. The molecule has 0 bridgehead atoms. The molecule has 1 aromatic heterocycles. The van der Waals surface area contributed by atoms with Gasteiger partial charge in [0, 0.05) is 32.1 Å². The summed E-state index contributed by atoms with van der Waals surface area (Å²) < 4.78 is 11.5. The van der Waals surface area contributed by atoms with Gasteiger partial charge in [-0.2, -0.15) is 0 Å². The van der Waals surface area contributed by atoms with Crippen molar-refractivity contribution in [1.82, 2.24) is 9.47 Å². The summed E-state index contributed by atoms with van der Waals surface area (Å²) >= 11 is 0. The SMILES string of the molecule is CCOC(=O)C1CCN(C(=O)CCCn2c(=O)oc3cc([N+](=O)[O-])ccc32)CC1. The van der Waals surface area contributed by atoms with Gasteiger partial charge >= 0.3 is 11.7 Å². The summed E-state index contributed by atoms with van der Waals surface area (Å²) in [4.78, 5) is 48.2. The molecule has 29 heavy (non-hydrogen) atoms. The van der Waals surface area contributed by atoms with Crippen LogP contribution in [0.15, 0.2) is 27.4 Å². The predicted molar refractivity (Wildman–Crippen MR) is 102 cm³/mol. The first-order valence-electron chi connectivity index (χ1n) is 9.63. The minimum absolute atomic E-state index is 0.0243. The molecular formula is C19H23N3O7. The van der Waals surface area contributed by atoms with Crippen molar-refractivity contribution in [2.75, 3.05) is 19.7 Å². The van der Waals surface area contributed by atoms with Crippen LogP contribution < -0.4 is 5.76 Å². The zero-order valence-electron chi connectivity index (χ0n) is 16.2. The van der Waals surface area contributed by atoms with Gasteiger partial charge in [-0.1, -0.05) is 0 Å². The standard InChI is InChI=1S/C19H23N3O7/c1-2-28-18(24)13-7-10-20(11-8-13)17(23)4-3-9-21-15-6-5-14(22(26)27)12-16(15)29-19(21)25/h5-6,12-13H,2-4,7-11H2,1H3. The number of esters is 1. The summed E-state index contributed by atoms with van der Waals surface area (Å²) in [6, 6.07) is 4.00. The predicted octanol–water partition coefficient (Wildman–Crippen LogP) is 2.08. The van der Waals surface area contributed by atoms with E-state index in [0.29, 0.717) is 44.5 Å². The Labute approximate surface area is 166 Å². The molecule has 2 aromatic rings. The number of carbonyl (C=O) groups excluding carboxylic acids is 2. The van der Waals surface area contributed by atoms with Crippen LogP contribution in [-0.4, -0.2) is 46.0 Å². The Hall–Kier alpha value is -3.17. The fourth-order valence-corrected chi connectivity index (χ4v) is 3.55.